The number of nitrogens with zero attached hydrogens (tertiary/aromatic N) is 2. The predicted molar refractivity (Wildman–Crippen MR) is 73.4 cm³/mol. The molecule has 0 aliphatic carbocycles. The van der Waals surface area contributed by atoms with Gasteiger partial charge < -0.3 is 5.32 Å². The van der Waals surface area contributed by atoms with E-state index in [9.17, 15) is 0 Å². The molecule has 1 aromatic carbocycles. The fourth-order valence-electron chi connectivity index (χ4n) is 2.76. The molecule has 0 amide bonds. The van der Waals surface area contributed by atoms with Crippen molar-refractivity contribution in [1.82, 2.24) is 15.1 Å². The highest BCUT2D eigenvalue weighted by Crippen LogP contribution is 2.32. The summed E-state index contributed by atoms with van der Waals surface area (Å²) in [6.07, 6.45) is 4.57. The van der Waals surface area contributed by atoms with Gasteiger partial charge in [0.25, 0.3) is 0 Å². The van der Waals surface area contributed by atoms with Gasteiger partial charge in [0.1, 0.15) is 0 Å². The number of hydrogen-bond donors (Lipinski definition) is 1. The molecule has 1 aromatic heterocycles. The third-order valence-corrected chi connectivity index (χ3v) is 3.68. The molecule has 18 heavy (non-hydrogen) atoms. The van der Waals surface area contributed by atoms with Gasteiger partial charge in [-0.15, -0.1) is 0 Å². The molecule has 1 aliphatic heterocycles. The Kier molecular flexibility index (Phi) is 2.92. The molecule has 0 radical (unpaired) electrons. The minimum absolute atomic E-state index is 0.417. The van der Waals surface area contributed by atoms with E-state index in [1.165, 1.54) is 35.2 Å². The minimum atomic E-state index is 0.417. The van der Waals surface area contributed by atoms with Gasteiger partial charge in [-0.25, -0.2) is 0 Å². The van der Waals surface area contributed by atoms with Crippen molar-refractivity contribution in [2.24, 2.45) is 7.05 Å². The second kappa shape index (κ2) is 4.58. The van der Waals surface area contributed by atoms with Gasteiger partial charge >= 0.3 is 0 Å². The number of benzene rings is 1. The number of aromatic nitrogens is 2. The summed E-state index contributed by atoms with van der Waals surface area (Å²) in [6, 6.07) is 8.95. The largest absolute Gasteiger partial charge is 0.309 e. The molecule has 3 heteroatoms. The van der Waals surface area contributed by atoms with E-state index in [1.807, 2.05) is 11.7 Å². The van der Waals surface area contributed by atoms with Crippen molar-refractivity contribution >= 4 is 0 Å². The SMILES string of the molecule is Cc1ccccc1-c1cn(C)nc1C1CCCN1. The third kappa shape index (κ3) is 1.95. The zero-order valence-electron chi connectivity index (χ0n) is 11.0. The number of hydrogen-bond acceptors (Lipinski definition) is 2. The van der Waals surface area contributed by atoms with E-state index in [-0.39, 0.29) is 0 Å². The van der Waals surface area contributed by atoms with Crippen molar-refractivity contribution in [1.29, 1.82) is 0 Å². The van der Waals surface area contributed by atoms with Crippen LogP contribution in [-0.4, -0.2) is 16.3 Å². The van der Waals surface area contributed by atoms with E-state index in [4.69, 9.17) is 0 Å². The Hall–Kier alpha value is -1.61. The lowest BCUT2D eigenvalue weighted by atomic mass is 9.98. The fourth-order valence-corrected chi connectivity index (χ4v) is 2.76. The summed E-state index contributed by atoms with van der Waals surface area (Å²) >= 11 is 0. The van der Waals surface area contributed by atoms with Crippen molar-refractivity contribution < 1.29 is 0 Å². The number of nitrogens with one attached hydrogen (secondary N) is 1. The highest BCUT2D eigenvalue weighted by atomic mass is 15.3. The molecule has 0 spiro atoms. The lowest BCUT2D eigenvalue weighted by Crippen LogP contribution is -2.14. The molecule has 1 unspecified atom stereocenters. The molecule has 0 bridgehead atoms. The van der Waals surface area contributed by atoms with Crippen molar-refractivity contribution in [3.8, 4) is 11.1 Å². The van der Waals surface area contributed by atoms with E-state index in [0.717, 1.165) is 6.54 Å². The van der Waals surface area contributed by atoms with Crippen LogP contribution in [0.3, 0.4) is 0 Å². The Morgan fingerprint density at radius 2 is 2.11 bits per heavy atom. The minimum Gasteiger partial charge on any atom is -0.309 e. The Morgan fingerprint density at radius 3 is 2.83 bits per heavy atom. The zero-order chi connectivity index (χ0) is 12.5. The summed E-state index contributed by atoms with van der Waals surface area (Å²) < 4.78 is 1.93. The molecule has 1 aliphatic rings. The second-order valence-electron chi connectivity index (χ2n) is 5.07. The molecule has 1 fully saturated rings. The van der Waals surface area contributed by atoms with E-state index in [2.05, 4.69) is 47.8 Å². The first-order chi connectivity index (χ1) is 8.75. The molecule has 2 heterocycles. The predicted octanol–water partition coefficient (Wildman–Crippen LogP) is 2.82. The highest BCUT2D eigenvalue weighted by Gasteiger charge is 2.23. The molecule has 1 saturated heterocycles. The van der Waals surface area contributed by atoms with Crippen LogP contribution in [0.15, 0.2) is 30.5 Å². The van der Waals surface area contributed by atoms with Gasteiger partial charge in [0.05, 0.1) is 11.7 Å². The van der Waals surface area contributed by atoms with Crippen LogP contribution in [0.5, 0.6) is 0 Å². The number of rotatable bonds is 2. The summed E-state index contributed by atoms with van der Waals surface area (Å²) in [7, 11) is 2.00. The molecule has 1 atom stereocenters. The van der Waals surface area contributed by atoms with Gasteiger partial charge in [-0.3, -0.25) is 4.68 Å². The Balaban J connectivity index is 2.09. The summed E-state index contributed by atoms with van der Waals surface area (Å²) in [5.74, 6) is 0. The molecular weight excluding hydrogens is 222 g/mol. The maximum absolute atomic E-state index is 4.66. The van der Waals surface area contributed by atoms with E-state index in [0.29, 0.717) is 6.04 Å². The first-order valence-corrected chi connectivity index (χ1v) is 6.58. The summed E-state index contributed by atoms with van der Waals surface area (Å²) in [6.45, 7) is 3.27. The van der Waals surface area contributed by atoms with Crippen LogP contribution in [-0.2, 0) is 7.05 Å². The van der Waals surface area contributed by atoms with Gasteiger partial charge in [0.2, 0.25) is 0 Å². The van der Waals surface area contributed by atoms with Crippen LogP contribution in [0.4, 0.5) is 0 Å². The molecule has 3 nitrogen and oxygen atoms in total. The molecule has 1 N–H and O–H groups in total. The normalized spacial score (nSPS) is 19.3. The first kappa shape index (κ1) is 11.5. The average molecular weight is 241 g/mol. The van der Waals surface area contributed by atoms with Crippen molar-refractivity contribution in [3.05, 3.63) is 41.7 Å². The van der Waals surface area contributed by atoms with E-state index in [1.54, 1.807) is 0 Å². The Bertz CT molecular complexity index is 551. The van der Waals surface area contributed by atoms with Crippen LogP contribution >= 0.6 is 0 Å². The lowest BCUT2D eigenvalue weighted by molar-refractivity contribution is 0.607. The standard InChI is InChI=1S/C15H19N3/c1-11-6-3-4-7-12(11)13-10-18(2)17-15(13)14-8-5-9-16-14/h3-4,6-7,10,14,16H,5,8-9H2,1-2H3. The van der Waals surface area contributed by atoms with Crippen LogP contribution in [0.25, 0.3) is 11.1 Å². The lowest BCUT2D eigenvalue weighted by Gasteiger charge is -2.11. The van der Waals surface area contributed by atoms with E-state index < -0.39 is 0 Å². The fraction of sp³-hybridized carbons (Fsp3) is 0.400. The summed E-state index contributed by atoms with van der Waals surface area (Å²) in [4.78, 5) is 0. The second-order valence-corrected chi connectivity index (χ2v) is 5.07. The average Bonchev–Trinajstić information content (AvgIpc) is 2.98. The van der Waals surface area contributed by atoms with Gasteiger partial charge in [-0.1, -0.05) is 24.3 Å². The van der Waals surface area contributed by atoms with Crippen LogP contribution < -0.4 is 5.32 Å². The number of aryl methyl sites for hydroxylation is 2. The maximum atomic E-state index is 4.66. The summed E-state index contributed by atoms with van der Waals surface area (Å²) in [5, 5.41) is 8.20. The molecule has 0 saturated carbocycles. The van der Waals surface area contributed by atoms with Crippen molar-refractivity contribution in [3.63, 3.8) is 0 Å². The molecule has 2 aromatic rings. The van der Waals surface area contributed by atoms with Gasteiger partial charge in [0.15, 0.2) is 0 Å². The smallest absolute Gasteiger partial charge is 0.0872 e. The summed E-state index contributed by atoms with van der Waals surface area (Å²) in [5.41, 5.74) is 5.08. The van der Waals surface area contributed by atoms with Gasteiger partial charge in [0, 0.05) is 18.8 Å². The topological polar surface area (TPSA) is 29.9 Å². The quantitative estimate of drug-likeness (QED) is 0.876. The van der Waals surface area contributed by atoms with Crippen LogP contribution in [0.1, 0.15) is 30.1 Å². The third-order valence-electron chi connectivity index (χ3n) is 3.68. The van der Waals surface area contributed by atoms with Crippen molar-refractivity contribution in [2.75, 3.05) is 6.54 Å². The van der Waals surface area contributed by atoms with Crippen LogP contribution in [0, 0.1) is 6.92 Å². The maximum Gasteiger partial charge on any atom is 0.0872 e. The van der Waals surface area contributed by atoms with Gasteiger partial charge in [-0.2, -0.15) is 5.10 Å². The van der Waals surface area contributed by atoms with Crippen LogP contribution in [0.2, 0.25) is 0 Å². The Morgan fingerprint density at radius 1 is 1.28 bits per heavy atom. The zero-order valence-corrected chi connectivity index (χ0v) is 11.0. The van der Waals surface area contributed by atoms with Gasteiger partial charge in [-0.05, 0) is 37.4 Å². The highest BCUT2D eigenvalue weighted by molar-refractivity contribution is 5.69. The molecular formula is C15H19N3. The van der Waals surface area contributed by atoms with Crippen molar-refractivity contribution in [2.45, 2.75) is 25.8 Å². The monoisotopic (exact) mass is 241 g/mol. The van der Waals surface area contributed by atoms with E-state index >= 15 is 0 Å². The molecule has 3 rings (SSSR count). The Labute approximate surface area is 108 Å². The molecule has 94 valence electrons. The first-order valence-electron chi connectivity index (χ1n) is 6.58.